The minimum absolute atomic E-state index is 0.0312. The van der Waals surface area contributed by atoms with Gasteiger partial charge in [-0.25, -0.2) is 4.79 Å². The van der Waals surface area contributed by atoms with Crippen LogP contribution in [0.3, 0.4) is 0 Å². The molecule has 1 rings (SSSR count). The van der Waals surface area contributed by atoms with Gasteiger partial charge in [0, 0.05) is 11.5 Å². The molecule has 4 nitrogen and oxygen atoms in total. The summed E-state index contributed by atoms with van der Waals surface area (Å²) in [5, 5.41) is 0. The fraction of sp³-hybridized carbons (Fsp3) is 0.429. The second-order valence-corrected chi connectivity index (χ2v) is 4.14. The fourth-order valence-corrected chi connectivity index (χ4v) is 1.39. The van der Waals surface area contributed by atoms with Gasteiger partial charge in [-0.2, -0.15) is 0 Å². The average molecular weight is 250 g/mol. The third-order valence-electron chi connectivity index (χ3n) is 2.33. The molecule has 1 aromatic carbocycles. The van der Waals surface area contributed by atoms with Gasteiger partial charge in [-0.1, -0.05) is 13.8 Å². The molecule has 0 spiro atoms. The summed E-state index contributed by atoms with van der Waals surface area (Å²) in [4.78, 5) is 22.8. The lowest BCUT2D eigenvalue weighted by molar-refractivity contribution is -0.145. The summed E-state index contributed by atoms with van der Waals surface area (Å²) >= 11 is 0. The maximum Gasteiger partial charge on any atom is 0.344 e. The molecule has 1 aromatic rings. The van der Waals surface area contributed by atoms with E-state index in [1.165, 1.54) is 0 Å². The summed E-state index contributed by atoms with van der Waals surface area (Å²) in [5.74, 6) is 0.200. The summed E-state index contributed by atoms with van der Waals surface area (Å²) < 4.78 is 9.97. The number of hydrogen-bond donors (Lipinski definition) is 0. The Bertz CT molecular complexity index is 406. The van der Waals surface area contributed by atoms with E-state index in [-0.39, 0.29) is 18.3 Å². The van der Waals surface area contributed by atoms with Crippen LogP contribution in [0.2, 0.25) is 0 Å². The minimum Gasteiger partial charge on any atom is -0.482 e. The number of carbonyl (C=O) groups excluding carboxylic acids is 2. The highest BCUT2D eigenvalue weighted by molar-refractivity contribution is 5.97. The summed E-state index contributed by atoms with van der Waals surface area (Å²) in [6, 6.07) is 6.75. The molecule has 0 aliphatic heterocycles. The molecule has 0 saturated heterocycles. The average Bonchev–Trinajstić information content (AvgIpc) is 2.36. The lowest BCUT2D eigenvalue weighted by atomic mass is 10.0. The Labute approximate surface area is 107 Å². The van der Waals surface area contributed by atoms with Crippen molar-refractivity contribution in [2.45, 2.75) is 20.8 Å². The molecule has 0 aliphatic carbocycles. The first kappa shape index (κ1) is 14.2. The van der Waals surface area contributed by atoms with Gasteiger partial charge in [-0.3, -0.25) is 4.79 Å². The van der Waals surface area contributed by atoms with E-state index in [1.54, 1.807) is 31.2 Å². The largest absolute Gasteiger partial charge is 0.482 e. The normalized spacial score (nSPS) is 10.2. The van der Waals surface area contributed by atoms with E-state index >= 15 is 0 Å². The van der Waals surface area contributed by atoms with Crippen LogP contribution >= 0.6 is 0 Å². The molecule has 0 fully saturated rings. The second kappa shape index (κ2) is 6.79. The Kier molecular flexibility index (Phi) is 5.36. The van der Waals surface area contributed by atoms with Crippen LogP contribution in [0.4, 0.5) is 0 Å². The number of ketones is 1. The Hall–Kier alpha value is -1.84. The number of hydrogen-bond acceptors (Lipinski definition) is 4. The molecule has 0 bridgehead atoms. The van der Waals surface area contributed by atoms with Gasteiger partial charge in [0.05, 0.1) is 6.61 Å². The highest BCUT2D eigenvalue weighted by atomic mass is 16.6. The lowest BCUT2D eigenvalue weighted by Crippen LogP contribution is -2.14. The SMILES string of the molecule is CCOC(=O)COc1ccc(C(=O)C(C)C)cc1. The third-order valence-corrected chi connectivity index (χ3v) is 2.33. The molecule has 0 aliphatic rings. The molecule has 0 N–H and O–H groups in total. The third kappa shape index (κ3) is 4.20. The molecule has 0 atom stereocenters. The highest BCUT2D eigenvalue weighted by Crippen LogP contribution is 2.15. The molecule has 0 unspecified atom stereocenters. The van der Waals surface area contributed by atoms with Gasteiger partial charge in [-0.05, 0) is 31.2 Å². The summed E-state index contributed by atoms with van der Waals surface area (Å²) in [6.07, 6.45) is 0. The van der Waals surface area contributed by atoms with Gasteiger partial charge in [0.25, 0.3) is 0 Å². The Morgan fingerprint density at radius 2 is 1.78 bits per heavy atom. The van der Waals surface area contributed by atoms with Crippen LogP contribution in [0.25, 0.3) is 0 Å². The van der Waals surface area contributed by atoms with Gasteiger partial charge in [0.15, 0.2) is 12.4 Å². The van der Waals surface area contributed by atoms with Crippen molar-refractivity contribution in [2.75, 3.05) is 13.2 Å². The molecule has 0 aromatic heterocycles. The van der Waals surface area contributed by atoms with Crippen LogP contribution in [0.1, 0.15) is 31.1 Å². The molecule has 0 saturated carbocycles. The number of esters is 1. The van der Waals surface area contributed by atoms with Gasteiger partial charge >= 0.3 is 5.97 Å². The fourth-order valence-electron chi connectivity index (χ4n) is 1.39. The standard InChI is InChI=1S/C14H18O4/c1-4-17-13(15)9-18-12-7-5-11(6-8-12)14(16)10(2)3/h5-8,10H,4,9H2,1-3H3. The van der Waals surface area contributed by atoms with Crippen molar-refractivity contribution in [3.05, 3.63) is 29.8 Å². The van der Waals surface area contributed by atoms with E-state index in [1.807, 2.05) is 13.8 Å². The predicted molar refractivity (Wildman–Crippen MR) is 67.7 cm³/mol. The van der Waals surface area contributed by atoms with Crippen molar-refractivity contribution < 1.29 is 19.1 Å². The number of Topliss-reactive ketones (excluding diaryl/α,β-unsaturated/α-hetero) is 1. The van der Waals surface area contributed by atoms with Crippen LogP contribution in [-0.2, 0) is 9.53 Å². The highest BCUT2D eigenvalue weighted by Gasteiger charge is 2.10. The van der Waals surface area contributed by atoms with E-state index in [0.717, 1.165) is 0 Å². The maximum atomic E-state index is 11.7. The van der Waals surface area contributed by atoms with E-state index in [0.29, 0.717) is 17.9 Å². The predicted octanol–water partition coefficient (Wildman–Crippen LogP) is 2.47. The van der Waals surface area contributed by atoms with Gasteiger partial charge in [-0.15, -0.1) is 0 Å². The first-order valence-corrected chi connectivity index (χ1v) is 5.97. The van der Waals surface area contributed by atoms with Gasteiger partial charge in [0.2, 0.25) is 0 Å². The molecule has 0 amide bonds. The summed E-state index contributed by atoms with van der Waals surface area (Å²) in [5.41, 5.74) is 0.647. The van der Waals surface area contributed by atoms with Crippen LogP contribution in [-0.4, -0.2) is 25.0 Å². The zero-order valence-electron chi connectivity index (χ0n) is 10.9. The number of carbonyl (C=O) groups is 2. The molecular weight excluding hydrogens is 232 g/mol. The molecule has 98 valence electrons. The van der Waals surface area contributed by atoms with E-state index in [2.05, 4.69) is 0 Å². The monoisotopic (exact) mass is 250 g/mol. The van der Waals surface area contributed by atoms with Crippen molar-refractivity contribution in [3.63, 3.8) is 0 Å². The molecule has 0 radical (unpaired) electrons. The molecule has 18 heavy (non-hydrogen) atoms. The first-order valence-electron chi connectivity index (χ1n) is 5.97. The van der Waals surface area contributed by atoms with Gasteiger partial charge in [0.1, 0.15) is 5.75 Å². The van der Waals surface area contributed by atoms with Crippen LogP contribution < -0.4 is 4.74 Å². The van der Waals surface area contributed by atoms with Crippen molar-refractivity contribution in [3.8, 4) is 5.75 Å². The van der Waals surface area contributed by atoms with Gasteiger partial charge < -0.3 is 9.47 Å². The maximum absolute atomic E-state index is 11.7. The van der Waals surface area contributed by atoms with Crippen molar-refractivity contribution in [1.29, 1.82) is 0 Å². The van der Waals surface area contributed by atoms with Crippen molar-refractivity contribution in [1.82, 2.24) is 0 Å². The molecular formula is C14H18O4. The molecule has 0 heterocycles. The van der Waals surface area contributed by atoms with Crippen molar-refractivity contribution in [2.24, 2.45) is 5.92 Å². The van der Waals surface area contributed by atoms with E-state index in [9.17, 15) is 9.59 Å². The Morgan fingerprint density at radius 3 is 2.28 bits per heavy atom. The Morgan fingerprint density at radius 1 is 1.17 bits per heavy atom. The number of ether oxygens (including phenoxy) is 2. The second-order valence-electron chi connectivity index (χ2n) is 4.14. The van der Waals surface area contributed by atoms with E-state index in [4.69, 9.17) is 9.47 Å². The summed E-state index contributed by atoms with van der Waals surface area (Å²) in [6.45, 7) is 5.67. The Balaban J connectivity index is 2.55. The number of benzene rings is 1. The van der Waals surface area contributed by atoms with E-state index < -0.39 is 5.97 Å². The number of rotatable bonds is 6. The topological polar surface area (TPSA) is 52.6 Å². The van der Waals surface area contributed by atoms with Crippen LogP contribution in [0.5, 0.6) is 5.75 Å². The lowest BCUT2D eigenvalue weighted by Gasteiger charge is -2.07. The van der Waals surface area contributed by atoms with Crippen LogP contribution in [0.15, 0.2) is 24.3 Å². The quantitative estimate of drug-likeness (QED) is 0.575. The summed E-state index contributed by atoms with van der Waals surface area (Å²) in [7, 11) is 0. The zero-order chi connectivity index (χ0) is 13.5. The van der Waals surface area contributed by atoms with Crippen molar-refractivity contribution >= 4 is 11.8 Å². The first-order chi connectivity index (χ1) is 8.54. The minimum atomic E-state index is -0.403. The smallest absolute Gasteiger partial charge is 0.344 e. The van der Waals surface area contributed by atoms with Crippen LogP contribution in [0, 0.1) is 5.92 Å². The molecule has 4 heteroatoms. The zero-order valence-corrected chi connectivity index (χ0v) is 10.9.